The predicted molar refractivity (Wildman–Crippen MR) is 90.0 cm³/mol. The lowest BCUT2D eigenvalue weighted by atomic mass is 10.1. The van der Waals surface area contributed by atoms with Gasteiger partial charge in [-0.05, 0) is 32.0 Å². The van der Waals surface area contributed by atoms with E-state index in [1.165, 1.54) is 0 Å². The zero-order chi connectivity index (χ0) is 16.6. The fourth-order valence-electron chi connectivity index (χ4n) is 2.62. The predicted octanol–water partition coefficient (Wildman–Crippen LogP) is 2.07. The molecule has 0 aliphatic heterocycles. The Bertz CT molecular complexity index is 926. The number of benzene rings is 1. The van der Waals surface area contributed by atoms with Gasteiger partial charge in [0.15, 0.2) is 5.52 Å². The fourth-order valence-corrected chi connectivity index (χ4v) is 2.62. The molecule has 120 valence electrons. The summed E-state index contributed by atoms with van der Waals surface area (Å²) in [5, 5.41) is 7.35. The van der Waals surface area contributed by atoms with Gasteiger partial charge in [0.2, 0.25) is 0 Å². The van der Waals surface area contributed by atoms with Crippen LogP contribution in [0.2, 0.25) is 0 Å². The van der Waals surface area contributed by atoms with Crippen LogP contribution in [0.1, 0.15) is 12.6 Å². The number of nitrogens with one attached hydrogen (secondary N) is 2. The van der Waals surface area contributed by atoms with Crippen molar-refractivity contribution in [1.29, 1.82) is 0 Å². The van der Waals surface area contributed by atoms with E-state index in [-0.39, 0.29) is 5.56 Å². The summed E-state index contributed by atoms with van der Waals surface area (Å²) in [5.41, 5.74) is 3.22. The average molecular weight is 313 g/mol. The molecule has 3 aromatic rings. The molecule has 0 amide bonds. The third-order valence-electron chi connectivity index (χ3n) is 3.68. The SMILES string of the molecule is CCOc1ccc(NC)cc1-c1nc2c(C)nn(C)c2c(=O)[nH]1. The van der Waals surface area contributed by atoms with E-state index in [9.17, 15) is 4.79 Å². The van der Waals surface area contributed by atoms with E-state index in [1.807, 2.05) is 39.1 Å². The van der Waals surface area contributed by atoms with Gasteiger partial charge in [0.25, 0.3) is 5.56 Å². The van der Waals surface area contributed by atoms with E-state index in [4.69, 9.17) is 4.74 Å². The number of anilines is 1. The molecule has 3 rings (SSSR count). The smallest absolute Gasteiger partial charge is 0.277 e. The third kappa shape index (κ3) is 2.54. The van der Waals surface area contributed by atoms with Crippen LogP contribution in [-0.2, 0) is 7.05 Å². The zero-order valence-electron chi connectivity index (χ0n) is 13.6. The molecule has 7 nitrogen and oxygen atoms in total. The molecule has 2 N–H and O–H groups in total. The van der Waals surface area contributed by atoms with Crippen LogP contribution in [0.25, 0.3) is 22.4 Å². The van der Waals surface area contributed by atoms with Gasteiger partial charge in [-0.15, -0.1) is 0 Å². The molecule has 0 atom stereocenters. The number of hydrogen-bond donors (Lipinski definition) is 2. The number of rotatable bonds is 4. The second-order valence-corrected chi connectivity index (χ2v) is 5.21. The molecule has 23 heavy (non-hydrogen) atoms. The molecular formula is C16H19N5O2. The van der Waals surface area contributed by atoms with Crippen molar-refractivity contribution in [3.05, 3.63) is 34.2 Å². The van der Waals surface area contributed by atoms with Crippen LogP contribution in [0.4, 0.5) is 5.69 Å². The van der Waals surface area contributed by atoms with Gasteiger partial charge in [0.1, 0.15) is 17.1 Å². The van der Waals surface area contributed by atoms with Gasteiger partial charge in [0.05, 0.1) is 17.9 Å². The number of aromatic nitrogens is 4. The summed E-state index contributed by atoms with van der Waals surface area (Å²) < 4.78 is 7.22. The van der Waals surface area contributed by atoms with Crippen molar-refractivity contribution in [1.82, 2.24) is 19.7 Å². The lowest BCUT2D eigenvalue weighted by Crippen LogP contribution is -2.12. The zero-order valence-corrected chi connectivity index (χ0v) is 13.6. The second kappa shape index (κ2) is 5.75. The number of ether oxygens (including phenoxy) is 1. The molecule has 0 radical (unpaired) electrons. The molecule has 0 saturated carbocycles. The number of fused-ring (bicyclic) bond motifs is 1. The minimum Gasteiger partial charge on any atom is -0.493 e. The molecule has 0 unspecified atom stereocenters. The minimum absolute atomic E-state index is 0.217. The van der Waals surface area contributed by atoms with E-state index in [0.29, 0.717) is 29.2 Å². The van der Waals surface area contributed by atoms with E-state index in [1.54, 1.807) is 11.7 Å². The highest BCUT2D eigenvalue weighted by molar-refractivity contribution is 5.80. The van der Waals surface area contributed by atoms with Gasteiger partial charge >= 0.3 is 0 Å². The first-order valence-corrected chi connectivity index (χ1v) is 7.43. The Labute approximate surface area is 133 Å². The molecule has 0 bridgehead atoms. The molecular weight excluding hydrogens is 294 g/mol. The standard InChI is InChI=1S/C16H19N5O2/c1-5-23-12-7-6-10(17-3)8-11(12)15-18-13-9(2)20-21(4)14(13)16(22)19-15/h6-8,17H,5H2,1-4H3,(H,18,19,22). The van der Waals surface area contributed by atoms with Gasteiger partial charge in [-0.2, -0.15) is 5.10 Å². The topological polar surface area (TPSA) is 84.8 Å². The summed E-state index contributed by atoms with van der Waals surface area (Å²) in [6.45, 7) is 4.29. The van der Waals surface area contributed by atoms with Crippen LogP contribution in [-0.4, -0.2) is 33.4 Å². The molecule has 1 aromatic carbocycles. The number of nitrogens with zero attached hydrogens (tertiary/aromatic N) is 3. The van der Waals surface area contributed by atoms with Crippen molar-refractivity contribution >= 4 is 16.7 Å². The highest BCUT2D eigenvalue weighted by Crippen LogP contribution is 2.31. The number of hydrogen-bond acceptors (Lipinski definition) is 5. The maximum absolute atomic E-state index is 12.4. The Morgan fingerprint density at radius 1 is 1.39 bits per heavy atom. The average Bonchev–Trinajstić information content (AvgIpc) is 2.83. The summed E-state index contributed by atoms with van der Waals surface area (Å²) in [5.74, 6) is 1.15. The third-order valence-corrected chi connectivity index (χ3v) is 3.68. The first kappa shape index (κ1) is 15.1. The Kier molecular flexibility index (Phi) is 3.77. The maximum Gasteiger partial charge on any atom is 0.277 e. The lowest BCUT2D eigenvalue weighted by molar-refractivity contribution is 0.341. The van der Waals surface area contributed by atoms with Crippen LogP contribution < -0.4 is 15.6 Å². The quantitative estimate of drug-likeness (QED) is 0.770. The molecule has 0 fully saturated rings. The van der Waals surface area contributed by atoms with E-state index >= 15 is 0 Å². The Balaban J connectivity index is 2.28. The van der Waals surface area contributed by atoms with Crippen LogP contribution in [0.5, 0.6) is 5.75 Å². The highest BCUT2D eigenvalue weighted by Gasteiger charge is 2.16. The van der Waals surface area contributed by atoms with Gasteiger partial charge in [-0.1, -0.05) is 0 Å². The Morgan fingerprint density at radius 3 is 2.87 bits per heavy atom. The van der Waals surface area contributed by atoms with Crippen molar-refractivity contribution in [2.45, 2.75) is 13.8 Å². The van der Waals surface area contributed by atoms with Gasteiger partial charge < -0.3 is 15.0 Å². The van der Waals surface area contributed by atoms with Crippen LogP contribution in [0.15, 0.2) is 23.0 Å². The van der Waals surface area contributed by atoms with Crippen molar-refractivity contribution in [2.24, 2.45) is 7.05 Å². The summed E-state index contributed by atoms with van der Waals surface area (Å²) in [7, 11) is 3.57. The summed E-state index contributed by atoms with van der Waals surface area (Å²) >= 11 is 0. The summed E-state index contributed by atoms with van der Waals surface area (Å²) in [6, 6.07) is 5.69. The summed E-state index contributed by atoms with van der Waals surface area (Å²) in [6.07, 6.45) is 0. The molecule has 7 heteroatoms. The van der Waals surface area contributed by atoms with Crippen molar-refractivity contribution in [3.8, 4) is 17.1 Å². The second-order valence-electron chi connectivity index (χ2n) is 5.21. The number of H-pyrrole nitrogens is 1. The van der Waals surface area contributed by atoms with Crippen LogP contribution >= 0.6 is 0 Å². The molecule has 0 aliphatic carbocycles. The largest absolute Gasteiger partial charge is 0.493 e. The van der Waals surface area contributed by atoms with E-state index in [2.05, 4.69) is 20.4 Å². The van der Waals surface area contributed by atoms with Gasteiger partial charge in [-0.3, -0.25) is 9.48 Å². The molecule has 2 heterocycles. The minimum atomic E-state index is -0.217. The molecule has 0 spiro atoms. The Morgan fingerprint density at radius 2 is 2.17 bits per heavy atom. The molecule has 0 saturated heterocycles. The first-order chi connectivity index (χ1) is 11.0. The fraction of sp³-hybridized carbons (Fsp3) is 0.312. The summed E-state index contributed by atoms with van der Waals surface area (Å²) in [4.78, 5) is 19.9. The monoisotopic (exact) mass is 313 g/mol. The van der Waals surface area contributed by atoms with E-state index < -0.39 is 0 Å². The highest BCUT2D eigenvalue weighted by atomic mass is 16.5. The van der Waals surface area contributed by atoms with Crippen molar-refractivity contribution in [2.75, 3.05) is 19.0 Å². The van der Waals surface area contributed by atoms with Crippen LogP contribution in [0.3, 0.4) is 0 Å². The molecule has 2 aromatic heterocycles. The number of aromatic amines is 1. The van der Waals surface area contributed by atoms with E-state index in [0.717, 1.165) is 16.9 Å². The van der Waals surface area contributed by atoms with Crippen molar-refractivity contribution < 1.29 is 4.74 Å². The Hall–Kier alpha value is -2.83. The normalized spacial score (nSPS) is 11.0. The first-order valence-electron chi connectivity index (χ1n) is 7.43. The number of aryl methyl sites for hydroxylation is 2. The van der Waals surface area contributed by atoms with Crippen LogP contribution in [0, 0.1) is 6.92 Å². The van der Waals surface area contributed by atoms with Gasteiger partial charge in [0, 0.05) is 19.8 Å². The maximum atomic E-state index is 12.4. The lowest BCUT2D eigenvalue weighted by Gasteiger charge is -2.11. The van der Waals surface area contributed by atoms with Gasteiger partial charge in [-0.25, -0.2) is 4.98 Å². The molecule has 0 aliphatic rings. The van der Waals surface area contributed by atoms with Crippen molar-refractivity contribution in [3.63, 3.8) is 0 Å².